The highest BCUT2D eigenvalue weighted by atomic mass is 16.3. The lowest BCUT2D eigenvalue weighted by Crippen LogP contribution is -2.18. The Balaban J connectivity index is 3.65. The van der Waals surface area contributed by atoms with Crippen molar-refractivity contribution in [3.8, 4) is 6.07 Å². The molecule has 2 atom stereocenters. The first-order chi connectivity index (χ1) is 6.26. The van der Waals surface area contributed by atoms with Crippen LogP contribution in [-0.2, 0) is 0 Å². The third-order valence-electron chi connectivity index (χ3n) is 2.33. The van der Waals surface area contributed by atoms with Gasteiger partial charge in [0.25, 0.3) is 0 Å². The highest BCUT2D eigenvalue weighted by Crippen LogP contribution is 2.15. The summed E-state index contributed by atoms with van der Waals surface area (Å²) >= 11 is 0. The summed E-state index contributed by atoms with van der Waals surface area (Å²) in [6, 6.07) is 2.18. The van der Waals surface area contributed by atoms with Crippen LogP contribution in [0.2, 0.25) is 0 Å². The predicted octanol–water partition coefficient (Wildman–Crippen LogP) is 2.87. The topological polar surface area (TPSA) is 44.0 Å². The van der Waals surface area contributed by atoms with Gasteiger partial charge in [-0.25, -0.2) is 0 Å². The molecule has 0 aliphatic carbocycles. The van der Waals surface area contributed by atoms with Crippen LogP contribution in [0.1, 0.15) is 52.4 Å². The highest BCUT2D eigenvalue weighted by molar-refractivity contribution is 4.87. The van der Waals surface area contributed by atoms with Gasteiger partial charge in [0.1, 0.15) is 0 Å². The smallest absolute Gasteiger partial charge is 0.0722 e. The van der Waals surface area contributed by atoms with E-state index in [1.165, 1.54) is 0 Å². The van der Waals surface area contributed by atoms with E-state index in [4.69, 9.17) is 5.26 Å². The van der Waals surface area contributed by atoms with Crippen LogP contribution in [0.15, 0.2) is 0 Å². The minimum absolute atomic E-state index is 0.151. The van der Waals surface area contributed by atoms with E-state index in [0.717, 1.165) is 38.5 Å². The second-order valence-electron chi connectivity index (χ2n) is 3.59. The van der Waals surface area contributed by atoms with Crippen LogP contribution in [0.5, 0.6) is 0 Å². The summed E-state index contributed by atoms with van der Waals surface area (Å²) < 4.78 is 0. The number of unbranched alkanes of at least 4 members (excludes halogenated alkanes) is 2. The van der Waals surface area contributed by atoms with Gasteiger partial charge in [-0.1, -0.05) is 39.5 Å². The molecular formula is C11H21NO. The molecule has 1 N–H and O–H groups in total. The molecule has 2 unspecified atom stereocenters. The molecule has 0 radical (unpaired) electrons. The van der Waals surface area contributed by atoms with Gasteiger partial charge >= 0.3 is 0 Å². The lowest BCUT2D eigenvalue weighted by molar-refractivity contribution is 0.116. The molecule has 0 aliphatic heterocycles. The second-order valence-corrected chi connectivity index (χ2v) is 3.59. The van der Waals surface area contributed by atoms with E-state index in [1.54, 1.807) is 0 Å². The van der Waals surface area contributed by atoms with E-state index in [9.17, 15) is 5.11 Å². The molecule has 0 amide bonds. The van der Waals surface area contributed by atoms with Gasteiger partial charge in [-0.2, -0.15) is 5.26 Å². The normalized spacial score (nSPS) is 14.9. The van der Waals surface area contributed by atoms with Gasteiger partial charge in [-0.15, -0.1) is 0 Å². The molecule has 0 saturated heterocycles. The molecule has 2 nitrogen and oxygen atoms in total. The van der Waals surface area contributed by atoms with E-state index >= 15 is 0 Å². The molecule has 0 heterocycles. The molecule has 13 heavy (non-hydrogen) atoms. The number of nitriles is 1. The molecule has 0 rings (SSSR count). The van der Waals surface area contributed by atoms with Crippen LogP contribution in [0.4, 0.5) is 0 Å². The van der Waals surface area contributed by atoms with Gasteiger partial charge < -0.3 is 5.11 Å². The Morgan fingerprint density at radius 3 is 2.31 bits per heavy atom. The summed E-state index contributed by atoms with van der Waals surface area (Å²) in [6.45, 7) is 4.18. The number of aliphatic hydroxyl groups is 1. The largest absolute Gasteiger partial charge is 0.392 e. The third kappa shape index (κ3) is 5.65. The van der Waals surface area contributed by atoms with E-state index in [2.05, 4.69) is 13.0 Å². The van der Waals surface area contributed by atoms with Crippen LogP contribution in [-0.4, -0.2) is 11.2 Å². The van der Waals surface area contributed by atoms with E-state index in [1.807, 2.05) is 6.92 Å². The molecule has 0 aromatic heterocycles. The van der Waals surface area contributed by atoms with Crippen LogP contribution >= 0.6 is 0 Å². The number of hydrogen-bond donors (Lipinski definition) is 1. The molecule has 0 aromatic rings. The summed E-state index contributed by atoms with van der Waals surface area (Å²) in [4.78, 5) is 0. The second kappa shape index (κ2) is 8.07. The number of hydrogen-bond acceptors (Lipinski definition) is 2. The molecule has 0 aromatic carbocycles. The third-order valence-corrected chi connectivity index (χ3v) is 2.33. The van der Waals surface area contributed by atoms with E-state index in [0.29, 0.717) is 0 Å². The maximum atomic E-state index is 9.64. The standard InChI is InChI=1S/C11H21NO/c1-3-5-6-8-11(13)10(9-12)7-4-2/h10-11,13H,3-8H2,1-2H3. The zero-order valence-corrected chi connectivity index (χ0v) is 8.79. The first-order valence-corrected chi connectivity index (χ1v) is 5.33. The van der Waals surface area contributed by atoms with E-state index in [-0.39, 0.29) is 5.92 Å². The van der Waals surface area contributed by atoms with Crippen LogP contribution in [0.3, 0.4) is 0 Å². The monoisotopic (exact) mass is 183 g/mol. The maximum Gasteiger partial charge on any atom is 0.0722 e. The van der Waals surface area contributed by atoms with Gasteiger partial charge in [-0.3, -0.25) is 0 Å². The Kier molecular flexibility index (Phi) is 7.73. The SMILES string of the molecule is CCCCCC(O)C(C#N)CCC. The van der Waals surface area contributed by atoms with Crippen LogP contribution in [0.25, 0.3) is 0 Å². The summed E-state index contributed by atoms with van der Waals surface area (Å²) in [5, 5.41) is 18.4. The van der Waals surface area contributed by atoms with Crippen molar-refractivity contribution in [3.05, 3.63) is 0 Å². The molecule has 0 spiro atoms. The number of nitrogens with zero attached hydrogens (tertiary/aromatic N) is 1. The average Bonchev–Trinajstić information content (AvgIpc) is 2.14. The maximum absolute atomic E-state index is 9.64. The van der Waals surface area contributed by atoms with E-state index < -0.39 is 6.10 Å². The Morgan fingerprint density at radius 2 is 1.85 bits per heavy atom. The Labute approximate surface area is 81.6 Å². The van der Waals surface area contributed by atoms with Crippen molar-refractivity contribution < 1.29 is 5.11 Å². The van der Waals surface area contributed by atoms with Crippen molar-refractivity contribution in [2.45, 2.75) is 58.5 Å². The van der Waals surface area contributed by atoms with Crippen molar-refractivity contribution in [1.82, 2.24) is 0 Å². The van der Waals surface area contributed by atoms with Crippen molar-refractivity contribution in [1.29, 1.82) is 5.26 Å². The van der Waals surface area contributed by atoms with Gasteiger partial charge in [-0.05, 0) is 12.8 Å². The quantitative estimate of drug-likeness (QED) is 0.617. The molecule has 76 valence electrons. The molecule has 0 bridgehead atoms. The average molecular weight is 183 g/mol. The van der Waals surface area contributed by atoms with Gasteiger partial charge in [0, 0.05) is 0 Å². The molecule has 2 heteroatoms. The molecule has 0 saturated carbocycles. The minimum atomic E-state index is -0.406. The summed E-state index contributed by atoms with van der Waals surface area (Å²) in [5.74, 6) is -0.151. The highest BCUT2D eigenvalue weighted by Gasteiger charge is 2.16. The van der Waals surface area contributed by atoms with Crippen LogP contribution < -0.4 is 0 Å². The fraction of sp³-hybridized carbons (Fsp3) is 0.909. The fourth-order valence-corrected chi connectivity index (χ4v) is 1.46. The lowest BCUT2D eigenvalue weighted by Gasteiger charge is -2.15. The summed E-state index contributed by atoms with van der Waals surface area (Å²) in [6.07, 6.45) is 5.54. The number of rotatable bonds is 7. The lowest BCUT2D eigenvalue weighted by atomic mass is 9.95. The Hall–Kier alpha value is -0.550. The summed E-state index contributed by atoms with van der Waals surface area (Å²) in [7, 11) is 0. The minimum Gasteiger partial charge on any atom is -0.392 e. The van der Waals surface area contributed by atoms with Crippen LogP contribution in [0, 0.1) is 17.2 Å². The fourth-order valence-electron chi connectivity index (χ4n) is 1.46. The first kappa shape index (κ1) is 12.4. The van der Waals surface area contributed by atoms with Gasteiger partial charge in [0.15, 0.2) is 0 Å². The molecule has 0 aliphatic rings. The van der Waals surface area contributed by atoms with Crippen molar-refractivity contribution in [2.75, 3.05) is 0 Å². The number of aliphatic hydroxyl groups excluding tert-OH is 1. The van der Waals surface area contributed by atoms with Gasteiger partial charge in [0.05, 0.1) is 18.1 Å². The summed E-state index contributed by atoms with van der Waals surface area (Å²) in [5.41, 5.74) is 0. The predicted molar refractivity (Wildman–Crippen MR) is 54.2 cm³/mol. The Morgan fingerprint density at radius 1 is 1.15 bits per heavy atom. The molecular weight excluding hydrogens is 162 g/mol. The zero-order chi connectivity index (χ0) is 10.1. The zero-order valence-electron chi connectivity index (χ0n) is 8.79. The van der Waals surface area contributed by atoms with Crippen molar-refractivity contribution >= 4 is 0 Å². The molecule has 0 fully saturated rings. The Bertz CT molecular complexity index is 151. The van der Waals surface area contributed by atoms with Gasteiger partial charge in [0.2, 0.25) is 0 Å². The van der Waals surface area contributed by atoms with Crippen molar-refractivity contribution in [3.63, 3.8) is 0 Å². The first-order valence-electron chi connectivity index (χ1n) is 5.33. The van der Waals surface area contributed by atoms with Crippen molar-refractivity contribution in [2.24, 2.45) is 5.92 Å².